The van der Waals surface area contributed by atoms with Gasteiger partial charge in [0.05, 0.1) is 12.1 Å². The minimum atomic E-state index is -0.957. The normalized spacial score (nSPS) is 11.0. The van der Waals surface area contributed by atoms with E-state index in [1.807, 2.05) is 11.5 Å². The first-order valence-corrected chi connectivity index (χ1v) is 8.32. The molecule has 0 saturated heterocycles. The predicted octanol–water partition coefficient (Wildman–Crippen LogP) is 3.12. The lowest BCUT2D eigenvalue weighted by atomic mass is 10.1. The third-order valence-corrected chi connectivity index (χ3v) is 4.41. The first kappa shape index (κ1) is 19.1. The van der Waals surface area contributed by atoms with Crippen molar-refractivity contribution in [3.63, 3.8) is 0 Å². The molecule has 2 N–H and O–H groups in total. The Balaban J connectivity index is 2.27. The number of hydrogen-bond acceptors (Lipinski definition) is 3. The van der Waals surface area contributed by atoms with Gasteiger partial charge in [-0.15, -0.1) is 0 Å². The number of hydrogen-bond donors (Lipinski definition) is 2. The molecule has 6 heteroatoms. The van der Waals surface area contributed by atoms with Gasteiger partial charge >= 0.3 is 5.97 Å². The third kappa shape index (κ3) is 4.46. The third-order valence-electron chi connectivity index (χ3n) is 4.41. The second-order valence-electron chi connectivity index (χ2n) is 6.03. The van der Waals surface area contributed by atoms with Crippen LogP contribution in [0.25, 0.3) is 0 Å². The highest BCUT2D eigenvalue weighted by atomic mass is 19.1. The van der Waals surface area contributed by atoms with Crippen molar-refractivity contribution in [2.24, 2.45) is 0 Å². The highest BCUT2D eigenvalue weighted by molar-refractivity contribution is 5.91. The molecule has 1 aromatic carbocycles. The standard InChI is InChI=1S/C19H25FN2O3/c1-13-16(11-21-9-6-10-25-3)18(19(23)24)14(2)22(13)12-15-7-4-5-8-17(15)20/h4-5,7-8,21H,6,9-12H2,1-3H3,(H,23,24). The van der Waals surface area contributed by atoms with Gasteiger partial charge in [0.1, 0.15) is 5.82 Å². The molecule has 0 spiro atoms. The molecule has 0 aliphatic rings. The van der Waals surface area contributed by atoms with E-state index in [0.29, 0.717) is 36.5 Å². The van der Waals surface area contributed by atoms with E-state index in [0.717, 1.165) is 24.2 Å². The summed E-state index contributed by atoms with van der Waals surface area (Å²) in [6.07, 6.45) is 0.854. The highest BCUT2D eigenvalue weighted by Gasteiger charge is 2.22. The summed E-state index contributed by atoms with van der Waals surface area (Å²) in [6.45, 7) is 5.82. The minimum Gasteiger partial charge on any atom is -0.478 e. The molecule has 2 aromatic rings. The summed E-state index contributed by atoms with van der Waals surface area (Å²) in [7, 11) is 1.65. The number of nitrogens with zero attached hydrogens (tertiary/aromatic N) is 1. The molecule has 136 valence electrons. The van der Waals surface area contributed by atoms with Gasteiger partial charge < -0.3 is 19.7 Å². The van der Waals surface area contributed by atoms with Crippen molar-refractivity contribution in [2.75, 3.05) is 20.3 Å². The van der Waals surface area contributed by atoms with Crippen molar-refractivity contribution in [3.8, 4) is 0 Å². The molecule has 0 aliphatic carbocycles. The van der Waals surface area contributed by atoms with E-state index < -0.39 is 5.97 Å². The average molecular weight is 348 g/mol. The molecule has 1 heterocycles. The summed E-state index contributed by atoms with van der Waals surface area (Å²) < 4.78 is 20.8. The molecular formula is C19H25FN2O3. The predicted molar refractivity (Wildman–Crippen MR) is 94.6 cm³/mol. The second kappa shape index (κ2) is 8.78. The zero-order chi connectivity index (χ0) is 18.4. The van der Waals surface area contributed by atoms with Crippen LogP contribution in [0.15, 0.2) is 24.3 Å². The van der Waals surface area contributed by atoms with Gasteiger partial charge in [-0.25, -0.2) is 9.18 Å². The van der Waals surface area contributed by atoms with Gasteiger partial charge in [0, 0.05) is 42.8 Å². The maximum absolute atomic E-state index is 14.0. The Bertz CT molecular complexity index is 741. The fourth-order valence-corrected chi connectivity index (χ4v) is 3.04. The number of ether oxygens (including phenoxy) is 1. The lowest BCUT2D eigenvalue weighted by molar-refractivity contribution is 0.0694. The van der Waals surface area contributed by atoms with Crippen LogP contribution in [0.2, 0.25) is 0 Å². The Kier molecular flexibility index (Phi) is 6.73. The summed E-state index contributed by atoms with van der Waals surface area (Å²) >= 11 is 0. The van der Waals surface area contributed by atoms with E-state index in [4.69, 9.17) is 4.74 Å². The van der Waals surface area contributed by atoms with Gasteiger partial charge in [0.15, 0.2) is 0 Å². The summed E-state index contributed by atoms with van der Waals surface area (Å²) in [5, 5.41) is 12.9. The van der Waals surface area contributed by atoms with Crippen molar-refractivity contribution < 1.29 is 19.0 Å². The van der Waals surface area contributed by atoms with Crippen LogP contribution >= 0.6 is 0 Å². The molecule has 25 heavy (non-hydrogen) atoms. The van der Waals surface area contributed by atoms with Gasteiger partial charge in [-0.2, -0.15) is 0 Å². The SMILES string of the molecule is COCCCNCc1c(C(=O)O)c(C)n(Cc2ccccc2F)c1C. The maximum atomic E-state index is 14.0. The van der Waals surface area contributed by atoms with E-state index in [2.05, 4.69) is 5.32 Å². The molecule has 5 nitrogen and oxygen atoms in total. The topological polar surface area (TPSA) is 63.5 Å². The Morgan fingerprint density at radius 1 is 1.28 bits per heavy atom. The number of methoxy groups -OCH3 is 1. The first-order chi connectivity index (χ1) is 12.0. The molecule has 0 atom stereocenters. The van der Waals surface area contributed by atoms with Crippen LogP contribution in [0.1, 0.15) is 39.3 Å². The number of aromatic carboxylic acids is 1. The number of benzene rings is 1. The smallest absolute Gasteiger partial charge is 0.337 e. The number of carboxylic acids is 1. The first-order valence-electron chi connectivity index (χ1n) is 8.32. The van der Waals surface area contributed by atoms with Gasteiger partial charge in [-0.1, -0.05) is 18.2 Å². The van der Waals surface area contributed by atoms with Crippen LogP contribution in [-0.4, -0.2) is 35.9 Å². The number of halogens is 1. The molecule has 0 saturated carbocycles. The van der Waals surface area contributed by atoms with Crippen LogP contribution < -0.4 is 5.32 Å². The van der Waals surface area contributed by atoms with Crippen LogP contribution in [0.4, 0.5) is 4.39 Å². The Hall–Kier alpha value is -2.18. The minimum absolute atomic E-state index is 0.286. The molecule has 0 amide bonds. The zero-order valence-electron chi connectivity index (χ0n) is 14.9. The van der Waals surface area contributed by atoms with E-state index in [9.17, 15) is 14.3 Å². The molecule has 0 radical (unpaired) electrons. The fraction of sp³-hybridized carbons (Fsp3) is 0.421. The summed E-state index contributed by atoms with van der Waals surface area (Å²) in [5.41, 5.74) is 3.08. The average Bonchev–Trinajstić information content (AvgIpc) is 2.81. The Labute approximate surface area is 147 Å². The maximum Gasteiger partial charge on any atom is 0.337 e. The molecule has 2 rings (SSSR count). The Morgan fingerprint density at radius 2 is 2.00 bits per heavy atom. The van der Waals surface area contributed by atoms with Crippen molar-refractivity contribution in [3.05, 3.63) is 58.2 Å². The molecule has 1 aromatic heterocycles. The van der Waals surface area contributed by atoms with E-state index in [1.54, 1.807) is 32.2 Å². The highest BCUT2D eigenvalue weighted by Crippen LogP contribution is 2.24. The Morgan fingerprint density at radius 3 is 2.64 bits per heavy atom. The van der Waals surface area contributed by atoms with E-state index in [1.165, 1.54) is 6.07 Å². The van der Waals surface area contributed by atoms with Gasteiger partial charge in [-0.05, 0) is 32.9 Å². The lowest BCUT2D eigenvalue weighted by Gasteiger charge is -2.11. The molecule has 0 aliphatic heterocycles. The summed E-state index contributed by atoms with van der Waals surface area (Å²) in [4.78, 5) is 11.7. The quantitative estimate of drug-likeness (QED) is 0.684. The van der Waals surface area contributed by atoms with Gasteiger partial charge in [0.25, 0.3) is 0 Å². The van der Waals surface area contributed by atoms with Crippen molar-refractivity contribution in [1.82, 2.24) is 9.88 Å². The van der Waals surface area contributed by atoms with Gasteiger partial charge in [0.2, 0.25) is 0 Å². The van der Waals surface area contributed by atoms with Crippen LogP contribution in [0.3, 0.4) is 0 Å². The molecule has 0 fully saturated rings. The van der Waals surface area contributed by atoms with Gasteiger partial charge in [-0.3, -0.25) is 0 Å². The number of rotatable bonds is 9. The number of nitrogens with one attached hydrogen (secondary N) is 1. The largest absolute Gasteiger partial charge is 0.478 e. The summed E-state index contributed by atoms with van der Waals surface area (Å²) in [5.74, 6) is -1.24. The van der Waals surface area contributed by atoms with Crippen LogP contribution in [0.5, 0.6) is 0 Å². The second-order valence-corrected chi connectivity index (χ2v) is 6.03. The lowest BCUT2D eigenvalue weighted by Crippen LogP contribution is -2.18. The van der Waals surface area contributed by atoms with Crippen molar-refractivity contribution in [2.45, 2.75) is 33.4 Å². The molecular weight excluding hydrogens is 323 g/mol. The number of carboxylic acid groups (broad SMARTS) is 1. The zero-order valence-corrected chi connectivity index (χ0v) is 14.9. The monoisotopic (exact) mass is 348 g/mol. The van der Waals surface area contributed by atoms with Crippen LogP contribution in [0, 0.1) is 19.7 Å². The van der Waals surface area contributed by atoms with Crippen molar-refractivity contribution in [1.29, 1.82) is 0 Å². The number of aromatic nitrogens is 1. The van der Waals surface area contributed by atoms with E-state index >= 15 is 0 Å². The molecule has 0 bridgehead atoms. The fourth-order valence-electron chi connectivity index (χ4n) is 3.04. The molecule has 0 unspecified atom stereocenters. The van der Waals surface area contributed by atoms with Crippen LogP contribution in [-0.2, 0) is 17.8 Å². The van der Waals surface area contributed by atoms with E-state index in [-0.39, 0.29) is 5.82 Å². The van der Waals surface area contributed by atoms with Crippen molar-refractivity contribution >= 4 is 5.97 Å². The number of carbonyl (C=O) groups is 1. The summed E-state index contributed by atoms with van der Waals surface area (Å²) in [6, 6.07) is 6.56.